The highest BCUT2D eigenvalue weighted by molar-refractivity contribution is 5.92. The fourth-order valence-corrected chi connectivity index (χ4v) is 3.33. The number of urea groups is 1. The molecule has 0 unspecified atom stereocenters. The molecular formula is C19H28N8O2. The molecule has 0 aromatic carbocycles. The molecule has 0 bridgehead atoms. The van der Waals surface area contributed by atoms with Gasteiger partial charge in [-0.25, -0.2) is 14.8 Å². The number of hydrogen-bond acceptors (Lipinski definition) is 6. The molecule has 10 heteroatoms. The lowest BCUT2D eigenvalue weighted by Crippen LogP contribution is -2.47. The van der Waals surface area contributed by atoms with Crippen LogP contribution in [0.2, 0.25) is 0 Å². The minimum absolute atomic E-state index is 0.175. The second-order valence-corrected chi connectivity index (χ2v) is 6.88. The Morgan fingerprint density at radius 2 is 1.93 bits per heavy atom. The Morgan fingerprint density at radius 3 is 2.59 bits per heavy atom. The Bertz CT molecular complexity index is 858. The third-order valence-corrected chi connectivity index (χ3v) is 4.81. The molecule has 1 aliphatic rings. The molecule has 0 atom stereocenters. The van der Waals surface area contributed by atoms with Gasteiger partial charge in [0.2, 0.25) is 0 Å². The number of amides is 3. The summed E-state index contributed by atoms with van der Waals surface area (Å²) in [5.41, 5.74) is 2.35. The van der Waals surface area contributed by atoms with E-state index >= 15 is 0 Å². The molecule has 3 amide bonds. The number of rotatable bonds is 6. The molecule has 3 rings (SSSR count). The molecule has 0 aliphatic carbocycles. The summed E-state index contributed by atoms with van der Waals surface area (Å²) in [5, 5.41) is 7.99. The van der Waals surface area contributed by atoms with E-state index < -0.39 is 0 Å². The van der Waals surface area contributed by atoms with E-state index in [1.54, 1.807) is 19.4 Å². The Kier molecular flexibility index (Phi) is 6.65. The molecule has 1 saturated heterocycles. The van der Waals surface area contributed by atoms with Crippen molar-refractivity contribution in [1.82, 2.24) is 30.1 Å². The molecule has 3 N–H and O–H groups in total. The second kappa shape index (κ2) is 9.37. The zero-order chi connectivity index (χ0) is 20.8. The zero-order valence-corrected chi connectivity index (χ0v) is 17.1. The number of aromatic nitrogens is 3. The number of pyridine rings is 1. The van der Waals surface area contributed by atoms with Crippen LogP contribution in [0, 0.1) is 6.92 Å². The minimum atomic E-state index is -0.252. The van der Waals surface area contributed by atoms with Crippen molar-refractivity contribution in [3.8, 4) is 0 Å². The van der Waals surface area contributed by atoms with Gasteiger partial charge in [0.05, 0.1) is 24.4 Å². The van der Waals surface area contributed by atoms with Gasteiger partial charge in [-0.05, 0) is 26.0 Å². The SMILES string of the molecule is CCNC(=O)Nc1cn(CN2CCN(c3ccc(C(=O)NC)nc3C)CC2)cn1. The Hall–Kier alpha value is -3.14. The van der Waals surface area contributed by atoms with Crippen LogP contribution in [0.4, 0.5) is 16.3 Å². The fourth-order valence-electron chi connectivity index (χ4n) is 3.33. The van der Waals surface area contributed by atoms with Gasteiger partial charge in [-0.2, -0.15) is 0 Å². The van der Waals surface area contributed by atoms with E-state index in [9.17, 15) is 9.59 Å². The molecule has 0 radical (unpaired) electrons. The lowest BCUT2D eigenvalue weighted by molar-refractivity contribution is 0.0958. The van der Waals surface area contributed by atoms with Crippen molar-refractivity contribution in [3.63, 3.8) is 0 Å². The normalized spacial score (nSPS) is 14.5. The molecule has 2 aromatic rings. The maximum absolute atomic E-state index is 11.7. The third kappa shape index (κ3) is 5.23. The highest BCUT2D eigenvalue weighted by Gasteiger charge is 2.20. The monoisotopic (exact) mass is 400 g/mol. The van der Waals surface area contributed by atoms with Crippen LogP contribution in [0.1, 0.15) is 23.1 Å². The first-order chi connectivity index (χ1) is 14.0. The van der Waals surface area contributed by atoms with E-state index in [1.807, 2.05) is 30.7 Å². The van der Waals surface area contributed by atoms with Crippen molar-refractivity contribution in [2.24, 2.45) is 0 Å². The summed E-state index contributed by atoms with van der Waals surface area (Å²) in [6.45, 7) is 8.63. The maximum atomic E-state index is 11.7. The van der Waals surface area contributed by atoms with Crippen molar-refractivity contribution in [2.75, 3.05) is 50.0 Å². The minimum Gasteiger partial charge on any atom is -0.368 e. The first kappa shape index (κ1) is 20.6. The maximum Gasteiger partial charge on any atom is 0.320 e. The lowest BCUT2D eigenvalue weighted by atomic mass is 10.2. The summed E-state index contributed by atoms with van der Waals surface area (Å²) >= 11 is 0. The number of nitrogens with one attached hydrogen (secondary N) is 3. The van der Waals surface area contributed by atoms with Gasteiger partial charge in [-0.15, -0.1) is 0 Å². The summed E-state index contributed by atoms with van der Waals surface area (Å²) in [6.07, 6.45) is 3.55. The van der Waals surface area contributed by atoms with Crippen LogP contribution in [0.3, 0.4) is 0 Å². The quantitative estimate of drug-likeness (QED) is 0.664. The zero-order valence-electron chi connectivity index (χ0n) is 17.1. The Morgan fingerprint density at radius 1 is 1.17 bits per heavy atom. The topological polar surface area (TPSA) is 107 Å². The van der Waals surface area contributed by atoms with Crippen LogP contribution in [0.5, 0.6) is 0 Å². The van der Waals surface area contributed by atoms with E-state index in [1.165, 1.54) is 0 Å². The first-order valence-electron chi connectivity index (χ1n) is 9.73. The smallest absolute Gasteiger partial charge is 0.320 e. The first-order valence-corrected chi connectivity index (χ1v) is 9.73. The van der Waals surface area contributed by atoms with Gasteiger partial charge in [0, 0.05) is 46.0 Å². The molecule has 0 saturated carbocycles. The van der Waals surface area contributed by atoms with Crippen molar-refractivity contribution < 1.29 is 9.59 Å². The summed E-state index contributed by atoms with van der Waals surface area (Å²) in [5.74, 6) is 0.360. The molecule has 29 heavy (non-hydrogen) atoms. The largest absolute Gasteiger partial charge is 0.368 e. The number of hydrogen-bond donors (Lipinski definition) is 3. The summed E-state index contributed by atoms with van der Waals surface area (Å²) < 4.78 is 1.96. The van der Waals surface area contributed by atoms with Gasteiger partial charge in [0.15, 0.2) is 5.82 Å². The molecule has 3 heterocycles. The van der Waals surface area contributed by atoms with Crippen LogP contribution < -0.4 is 20.9 Å². The van der Waals surface area contributed by atoms with E-state index in [4.69, 9.17) is 0 Å². The van der Waals surface area contributed by atoms with Gasteiger partial charge >= 0.3 is 6.03 Å². The number of imidazole rings is 1. The van der Waals surface area contributed by atoms with Crippen LogP contribution >= 0.6 is 0 Å². The highest BCUT2D eigenvalue weighted by Crippen LogP contribution is 2.20. The molecule has 156 valence electrons. The van der Waals surface area contributed by atoms with Crippen molar-refractivity contribution in [3.05, 3.63) is 36.0 Å². The number of nitrogens with zero attached hydrogens (tertiary/aromatic N) is 5. The van der Waals surface area contributed by atoms with Gasteiger partial charge in [-0.1, -0.05) is 0 Å². The van der Waals surface area contributed by atoms with Crippen molar-refractivity contribution >= 4 is 23.4 Å². The van der Waals surface area contributed by atoms with E-state index in [2.05, 4.69) is 35.7 Å². The lowest BCUT2D eigenvalue weighted by Gasteiger charge is -2.36. The van der Waals surface area contributed by atoms with E-state index in [0.29, 0.717) is 24.7 Å². The molecular weight excluding hydrogens is 372 g/mol. The Labute approximate surface area is 170 Å². The van der Waals surface area contributed by atoms with Crippen molar-refractivity contribution in [2.45, 2.75) is 20.5 Å². The second-order valence-electron chi connectivity index (χ2n) is 6.88. The van der Waals surface area contributed by atoms with Crippen molar-refractivity contribution in [1.29, 1.82) is 0 Å². The highest BCUT2D eigenvalue weighted by atomic mass is 16.2. The van der Waals surface area contributed by atoms with Crippen LogP contribution in [-0.4, -0.2) is 71.1 Å². The summed E-state index contributed by atoms with van der Waals surface area (Å²) in [4.78, 5) is 36.6. The number of aryl methyl sites for hydroxylation is 1. The van der Waals surface area contributed by atoms with Gasteiger partial charge in [0.25, 0.3) is 5.91 Å². The van der Waals surface area contributed by atoms with Crippen LogP contribution in [0.25, 0.3) is 0 Å². The number of carbonyl (C=O) groups is 2. The third-order valence-electron chi connectivity index (χ3n) is 4.81. The summed E-state index contributed by atoms with van der Waals surface area (Å²) in [6, 6.07) is 3.48. The standard InChI is InChI=1S/C19H28N8O2/c1-4-21-19(29)24-17-11-26(12-22-17)13-25-7-9-27(10-8-25)16-6-5-15(18(28)20-3)23-14(16)2/h5-6,11-12H,4,7-10,13H2,1-3H3,(H,20,28)(H2,21,24,29). The predicted molar refractivity (Wildman–Crippen MR) is 111 cm³/mol. The van der Waals surface area contributed by atoms with Gasteiger partial charge < -0.3 is 20.1 Å². The average Bonchev–Trinajstić information content (AvgIpc) is 3.14. The molecule has 0 spiro atoms. The average molecular weight is 400 g/mol. The number of anilines is 2. The Balaban J connectivity index is 1.53. The van der Waals surface area contributed by atoms with Gasteiger partial charge in [0.1, 0.15) is 5.69 Å². The molecule has 10 nitrogen and oxygen atoms in total. The number of piperazine rings is 1. The van der Waals surface area contributed by atoms with Gasteiger partial charge in [-0.3, -0.25) is 15.0 Å². The molecule has 1 aliphatic heterocycles. The van der Waals surface area contributed by atoms with Crippen LogP contribution in [-0.2, 0) is 6.67 Å². The number of carbonyl (C=O) groups excluding carboxylic acids is 2. The van der Waals surface area contributed by atoms with E-state index in [-0.39, 0.29) is 11.9 Å². The fraction of sp³-hybridized carbons (Fsp3) is 0.474. The predicted octanol–water partition coefficient (Wildman–Crippen LogP) is 0.867. The molecule has 2 aromatic heterocycles. The van der Waals surface area contributed by atoms with Crippen LogP contribution in [0.15, 0.2) is 24.7 Å². The molecule has 1 fully saturated rings. The van der Waals surface area contributed by atoms with E-state index in [0.717, 1.165) is 37.6 Å². The summed E-state index contributed by atoms with van der Waals surface area (Å²) in [7, 11) is 1.60.